The van der Waals surface area contributed by atoms with Crippen molar-refractivity contribution in [1.29, 1.82) is 0 Å². The Morgan fingerprint density at radius 3 is 2.30 bits per heavy atom. The zero-order chi connectivity index (χ0) is 26.0. The molecule has 2 aromatic carbocycles. The molecule has 1 amide bonds. The van der Waals surface area contributed by atoms with Crippen LogP contribution < -0.4 is 16.4 Å². The molecule has 4 rings (SSSR count). The summed E-state index contributed by atoms with van der Waals surface area (Å²) in [5, 5.41) is 7.83. The van der Waals surface area contributed by atoms with E-state index in [-0.39, 0.29) is 23.4 Å². The van der Waals surface area contributed by atoms with E-state index in [9.17, 15) is 14.4 Å². The van der Waals surface area contributed by atoms with E-state index >= 15 is 0 Å². The summed E-state index contributed by atoms with van der Waals surface area (Å²) in [4.78, 5) is 44.2. The lowest BCUT2D eigenvalue weighted by Crippen LogP contribution is -2.51. The van der Waals surface area contributed by atoms with Gasteiger partial charge in [0.05, 0.1) is 17.6 Å². The number of unbranched alkanes of at least 4 members (excludes halogenated alkanes) is 1. The van der Waals surface area contributed by atoms with Crippen molar-refractivity contribution >= 4 is 28.8 Å². The third-order valence-electron chi connectivity index (χ3n) is 6.99. The Balaban J connectivity index is 1.47. The summed E-state index contributed by atoms with van der Waals surface area (Å²) in [7, 11) is 0. The number of nitrogens with two attached hydrogens (primary N) is 1. The number of hydrogen-bond acceptors (Lipinski definition) is 7. The smallest absolute Gasteiger partial charge is 0.238 e. The van der Waals surface area contributed by atoms with Gasteiger partial charge in [-0.05, 0) is 49.9 Å². The van der Waals surface area contributed by atoms with Crippen LogP contribution in [0.2, 0.25) is 0 Å². The monoisotopic (exact) mass is 518 g/mol. The fourth-order valence-electron chi connectivity index (χ4n) is 5.01. The largest absolute Gasteiger partial charge is 0.344 e. The third-order valence-corrected chi connectivity index (χ3v) is 7.58. The topological polar surface area (TPSA) is 114 Å². The molecule has 1 aromatic heterocycles. The lowest BCUT2D eigenvalue weighted by atomic mass is 9.82. The van der Waals surface area contributed by atoms with Gasteiger partial charge in [-0.3, -0.25) is 14.4 Å². The van der Waals surface area contributed by atoms with Gasteiger partial charge in [-0.15, -0.1) is 11.3 Å². The fourth-order valence-corrected chi connectivity index (χ4v) is 5.55. The third kappa shape index (κ3) is 6.97. The van der Waals surface area contributed by atoms with E-state index in [4.69, 9.17) is 5.73 Å². The molecular weight excluding hydrogens is 484 g/mol. The number of amides is 1. The SMILES string of the molecule is NCCCC[C@H](NC(=O)[C@H]1NCCC1C(=O)CC(c1ccccc1)c1ccccc1)C(=O)c1cscn1. The van der Waals surface area contributed by atoms with Crippen LogP contribution in [0, 0.1) is 5.92 Å². The molecule has 1 fully saturated rings. The Labute approximate surface area is 221 Å². The second kappa shape index (κ2) is 13.4. The molecule has 0 spiro atoms. The van der Waals surface area contributed by atoms with Gasteiger partial charge in [-0.25, -0.2) is 4.98 Å². The first-order valence-corrected chi connectivity index (χ1v) is 13.8. The number of benzene rings is 2. The maximum atomic E-state index is 13.6. The predicted octanol–water partition coefficient (Wildman–Crippen LogP) is 3.71. The molecule has 1 aliphatic heterocycles. The van der Waals surface area contributed by atoms with Crippen molar-refractivity contribution in [3.63, 3.8) is 0 Å². The lowest BCUT2D eigenvalue weighted by Gasteiger charge is -2.24. The molecule has 7 nitrogen and oxygen atoms in total. The van der Waals surface area contributed by atoms with Crippen LogP contribution in [0.1, 0.15) is 59.6 Å². The van der Waals surface area contributed by atoms with E-state index in [1.54, 1.807) is 10.9 Å². The highest BCUT2D eigenvalue weighted by atomic mass is 32.1. The van der Waals surface area contributed by atoms with Gasteiger partial charge in [0.15, 0.2) is 0 Å². The van der Waals surface area contributed by atoms with Crippen LogP contribution in [0.4, 0.5) is 0 Å². The van der Waals surface area contributed by atoms with Crippen molar-refractivity contribution in [2.75, 3.05) is 13.1 Å². The second-order valence-corrected chi connectivity index (χ2v) is 10.2. The van der Waals surface area contributed by atoms with E-state index in [0.29, 0.717) is 44.5 Å². The Kier molecular flexibility index (Phi) is 9.71. The zero-order valence-corrected chi connectivity index (χ0v) is 21.7. The van der Waals surface area contributed by atoms with Crippen LogP contribution in [0.25, 0.3) is 0 Å². The van der Waals surface area contributed by atoms with Crippen LogP contribution in [-0.4, -0.2) is 47.6 Å². The molecule has 0 radical (unpaired) electrons. The molecule has 194 valence electrons. The highest BCUT2D eigenvalue weighted by Gasteiger charge is 2.39. The summed E-state index contributed by atoms with van der Waals surface area (Å²) in [6, 6.07) is 18.6. The molecule has 2 heterocycles. The Morgan fingerprint density at radius 2 is 1.70 bits per heavy atom. The summed E-state index contributed by atoms with van der Waals surface area (Å²) in [6.07, 6.45) is 2.86. The minimum Gasteiger partial charge on any atom is -0.344 e. The van der Waals surface area contributed by atoms with Gasteiger partial charge in [0.2, 0.25) is 11.7 Å². The van der Waals surface area contributed by atoms with E-state index < -0.39 is 18.0 Å². The van der Waals surface area contributed by atoms with Gasteiger partial charge in [-0.1, -0.05) is 60.7 Å². The summed E-state index contributed by atoms with van der Waals surface area (Å²) in [5.41, 5.74) is 9.73. The Hall–Kier alpha value is -3.20. The Morgan fingerprint density at radius 1 is 1.03 bits per heavy atom. The molecule has 1 unspecified atom stereocenters. The molecule has 37 heavy (non-hydrogen) atoms. The number of aromatic nitrogens is 1. The van der Waals surface area contributed by atoms with Crippen molar-refractivity contribution in [1.82, 2.24) is 15.6 Å². The fraction of sp³-hybridized carbons (Fsp3) is 0.379. The number of nitrogens with zero attached hydrogens (tertiary/aromatic N) is 1. The van der Waals surface area contributed by atoms with Gasteiger partial charge < -0.3 is 16.4 Å². The average Bonchev–Trinajstić information content (AvgIpc) is 3.65. The highest BCUT2D eigenvalue weighted by molar-refractivity contribution is 7.07. The minimum absolute atomic E-state index is 0.0494. The first-order valence-electron chi connectivity index (χ1n) is 12.9. The number of ketones is 2. The molecule has 4 N–H and O–H groups in total. The summed E-state index contributed by atoms with van der Waals surface area (Å²) in [6.45, 7) is 1.10. The number of carbonyl (C=O) groups excluding carboxylic acids is 3. The molecule has 3 atom stereocenters. The number of Topliss-reactive ketones (excluding diaryl/α,β-unsaturated/α-hetero) is 2. The molecule has 3 aromatic rings. The van der Waals surface area contributed by atoms with Crippen LogP contribution in [0.5, 0.6) is 0 Å². The molecule has 1 saturated heterocycles. The van der Waals surface area contributed by atoms with Crippen molar-refractivity contribution < 1.29 is 14.4 Å². The van der Waals surface area contributed by atoms with E-state index in [0.717, 1.165) is 17.5 Å². The molecule has 0 saturated carbocycles. The number of rotatable bonds is 13. The predicted molar refractivity (Wildman–Crippen MR) is 146 cm³/mol. The van der Waals surface area contributed by atoms with E-state index in [1.807, 2.05) is 60.7 Å². The second-order valence-electron chi connectivity index (χ2n) is 9.45. The average molecular weight is 519 g/mol. The number of carbonyl (C=O) groups is 3. The molecule has 0 bridgehead atoms. The number of nitrogens with one attached hydrogen (secondary N) is 2. The van der Waals surface area contributed by atoms with Gasteiger partial charge in [0.1, 0.15) is 11.5 Å². The number of hydrogen-bond donors (Lipinski definition) is 3. The van der Waals surface area contributed by atoms with Gasteiger partial charge in [-0.2, -0.15) is 0 Å². The Bertz CT molecular complexity index is 1110. The maximum absolute atomic E-state index is 13.6. The first-order chi connectivity index (χ1) is 18.1. The summed E-state index contributed by atoms with van der Waals surface area (Å²) >= 11 is 1.34. The minimum atomic E-state index is -0.694. The molecule has 8 heteroatoms. The molecule has 1 aliphatic rings. The summed E-state index contributed by atoms with van der Waals surface area (Å²) < 4.78 is 0. The van der Waals surface area contributed by atoms with Crippen molar-refractivity contribution in [2.45, 2.75) is 50.1 Å². The van der Waals surface area contributed by atoms with Crippen molar-refractivity contribution in [2.24, 2.45) is 11.7 Å². The number of thiazole rings is 1. The van der Waals surface area contributed by atoms with Gasteiger partial charge in [0.25, 0.3) is 0 Å². The lowest BCUT2D eigenvalue weighted by molar-refractivity contribution is -0.130. The first kappa shape index (κ1) is 26.9. The van der Waals surface area contributed by atoms with Crippen LogP contribution in [0.3, 0.4) is 0 Å². The maximum Gasteiger partial charge on any atom is 0.238 e. The summed E-state index contributed by atoms with van der Waals surface area (Å²) in [5.74, 6) is -1.01. The molecule has 0 aliphatic carbocycles. The molecular formula is C29H34N4O3S. The van der Waals surface area contributed by atoms with Crippen molar-refractivity contribution in [3.05, 3.63) is 88.4 Å². The highest BCUT2D eigenvalue weighted by Crippen LogP contribution is 2.31. The van der Waals surface area contributed by atoms with Crippen molar-refractivity contribution in [3.8, 4) is 0 Å². The van der Waals surface area contributed by atoms with Crippen LogP contribution in [-0.2, 0) is 9.59 Å². The van der Waals surface area contributed by atoms with E-state index in [2.05, 4.69) is 15.6 Å². The van der Waals surface area contributed by atoms with Gasteiger partial charge in [0, 0.05) is 23.6 Å². The van der Waals surface area contributed by atoms with Crippen LogP contribution in [0.15, 0.2) is 71.6 Å². The quantitative estimate of drug-likeness (QED) is 0.235. The van der Waals surface area contributed by atoms with Crippen LogP contribution >= 0.6 is 11.3 Å². The van der Waals surface area contributed by atoms with Gasteiger partial charge >= 0.3 is 0 Å². The normalized spacial score (nSPS) is 18.0. The standard InChI is InChI=1S/C29H34N4O3S/c30-15-8-7-13-24(28(35)25-18-37-19-32-25)33-29(36)27-22(14-16-31-27)26(34)17-23(20-9-3-1-4-10-20)21-11-5-2-6-12-21/h1-6,9-12,18-19,22-24,27,31H,7-8,13-17,30H2,(H,33,36)/t22?,24-,27-/m0/s1. The zero-order valence-electron chi connectivity index (χ0n) is 20.8. The van der Waals surface area contributed by atoms with E-state index in [1.165, 1.54) is 11.3 Å².